The summed E-state index contributed by atoms with van der Waals surface area (Å²) in [7, 11) is 0. The molecule has 0 aliphatic carbocycles. The van der Waals surface area contributed by atoms with Crippen molar-refractivity contribution in [3.63, 3.8) is 0 Å². The lowest BCUT2D eigenvalue weighted by molar-refractivity contribution is 0.487. The summed E-state index contributed by atoms with van der Waals surface area (Å²) in [6.45, 7) is 0. The zero-order valence-electron chi connectivity index (χ0n) is 20.5. The zero-order valence-corrected chi connectivity index (χ0v) is 20.5. The molecule has 0 N–H and O–H groups in total. The van der Waals surface area contributed by atoms with E-state index in [0.717, 1.165) is 72.4 Å². The summed E-state index contributed by atoms with van der Waals surface area (Å²) in [6, 6.07) is 46.4. The molecule has 2 nitrogen and oxygen atoms in total. The van der Waals surface area contributed by atoms with E-state index in [1.54, 1.807) is 0 Å². The van der Waals surface area contributed by atoms with E-state index < -0.39 is 0 Å². The van der Waals surface area contributed by atoms with Gasteiger partial charge in [0.05, 0.1) is 0 Å². The van der Waals surface area contributed by atoms with Gasteiger partial charge in [-0.3, -0.25) is 0 Å². The van der Waals surface area contributed by atoms with E-state index in [4.69, 9.17) is 9.15 Å². The van der Waals surface area contributed by atoms with Crippen molar-refractivity contribution in [3.8, 4) is 56.4 Å². The summed E-state index contributed by atoms with van der Waals surface area (Å²) in [5.41, 5.74) is 6.71. The van der Waals surface area contributed by atoms with Gasteiger partial charge in [0.15, 0.2) is 0 Å². The minimum absolute atomic E-state index is 0.866. The highest BCUT2D eigenvalue weighted by atomic mass is 16.5. The van der Waals surface area contributed by atoms with Crippen LogP contribution in [-0.4, -0.2) is 0 Å². The summed E-state index contributed by atoms with van der Waals surface area (Å²) in [5.74, 6) is 3.51. The lowest BCUT2D eigenvalue weighted by Crippen LogP contribution is -1.98. The number of para-hydroxylation sites is 1. The molecule has 0 bridgehead atoms. The Balaban J connectivity index is 1.45. The van der Waals surface area contributed by atoms with Crippen LogP contribution in [0.2, 0.25) is 0 Å². The number of hydrogen-bond acceptors (Lipinski definition) is 2. The highest BCUT2D eigenvalue weighted by Gasteiger charge is 2.26. The Morgan fingerprint density at radius 3 is 1.84 bits per heavy atom. The lowest BCUT2D eigenvalue weighted by atomic mass is 9.89. The molecule has 0 amide bonds. The Labute approximate surface area is 220 Å². The average molecular weight is 487 g/mol. The van der Waals surface area contributed by atoms with Gasteiger partial charge in [0.25, 0.3) is 0 Å². The first-order valence-corrected chi connectivity index (χ1v) is 12.9. The van der Waals surface area contributed by atoms with Crippen LogP contribution in [-0.2, 0) is 0 Å². The Kier molecular flexibility index (Phi) is 4.55. The van der Waals surface area contributed by atoms with Crippen molar-refractivity contribution < 1.29 is 9.15 Å². The fourth-order valence-electron chi connectivity index (χ4n) is 5.82. The van der Waals surface area contributed by atoms with Gasteiger partial charge in [0.1, 0.15) is 23.0 Å². The molecular formula is C36H22O2. The molecule has 1 aliphatic heterocycles. The van der Waals surface area contributed by atoms with E-state index in [9.17, 15) is 0 Å². The van der Waals surface area contributed by atoms with Crippen LogP contribution >= 0.6 is 0 Å². The van der Waals surface area contributed by atoms with Crippen LogP contribution in [0.15, 0.2) is 138 Å². The number of benzene rings is 6. The molecule has 1 aromatic heterocycles. The molecule has 7 aromatic rings. The smallest absolute Gasteiger partial charge is 0.143 e. The van der Waals surface area contributed by atoms with Gasteiger partial charge >= 0.3 is 0 Å². The molecule has 6 aromatic carbocycles. The summed E-state index contributed by atoms with van der Waals surface area (Å²) in [6.07, 6.45) is 0. The van der Waals surface area contributed by atoms with E-state index in [0.29, 0.717) is 0 Å². The van der Waals surface area contributed by atoms with E-state index in [1.165, 1.54) is 5.56 Å². The first-order valence-electron chi connectivity index (χ1n) is 12.9. The van der Waals surface area contributed by atoms with Crippen molar-refractivity contribution in [1.29, 1.82) is 0 Å². The Morgan fingerprint density at radius 1 is 0.395 bits per heavy atom. The topological polar surface area (TPSA) is 22.4 Å². The van der Waals surface area contributed by atoms with Gasteiger partial charge in [0, 0.05) is 38.4 Å². The summed E-state index contributed by atoms with van der Waals surface area (Å²) in [5, 5.41) is 4.48. The molecule has 0 unspecified atom stereocenters. The maximum Gasteiger partial charge on any atom is 0.143 e. The third kappa shape index (κ3) is 3.07. The predicted molar refractivity (Wildman–Crippen MR) is 156 cm³/mol. The van der Waals surface area contributed by atoms with Crippen LogP contribution in [0.5, 0.6) is 11.5 Å². The minimum Gasteiger partial charge on any atom is -0.456 e. The molecule has 0 radical (unpaired) electrons. The average Bonchev–Trinajstić information content (AvgIpc) is 3.37. The van der Waals surface area contributed by atoms with Crippen LogP contribution in [0.25, 0.3) is 66.4 Å². The number of ether oxygens (including phenoxy) is 1. The summed E-state index contributed by atoms with van der Waals surface area (Å²) >= 11 is 0. The minimum atomic E-state index is 0.866. The molecule has 0 saturated heterocycles. The molecule has 2 heterocycles. The predicted octanol–water partition coefficient (Wildman–Crippen LogP) is 10.4. The molecular weight excluding hydrogens is 464 g/mol. The fraction of sp³-hybridized carbons (Fsp3) is 0. The Bertz CT molecular complexity index is 2000. The van der Waals surface area contributed by atoms with Gasteiger partial charge in [-0.15, -0.1) is 0 Å². The largest absolute Gasteiger partial charge is 0.456 e. The maximum absolute atomic E-state index is 6.93. The van der Waals surface area contributed by atoms with Crippen LogP contribution in [0.3, 0.4) is 0 Å². The van der Waals surface area contributed by atoms with E-state index in [1.807, 2.05) is 24.3 Å². The normalized spacial score (nSPS) is 11.9. The standard InChI is InChI=1S/C36H22O2/c1-2-11-23(12-3-1)25-14-4-5-15-26(25)35-27-16-6-7-17-28(27)36(38-35)30-22-21-24-13-10-20-32-33(24)34(30)29-18-8-9-19-31(29)37-32/h1-22H. The molecule has 8 rings (SSSR count). The third-order valence-electron chi connectivity index (χ3n) is 7.51. The first kappa shape index (κ1) is 21.0. The monoisotopic (exact) mass is 486 g/mol. The van der Waals surface area contributed by atoms with E-state index in [-0.39, 0.29) is 0 Å². The maximum atomic E-state index is 6.93. The number of fused-ring (bicyclic) bond motifs is 3. The molecule has 38 heavy (non-hydrogen) atoms. The number of hydrogen-bond donors (Lipinski definition) is 0. The van der Waals surface area contributed by atoms with E-state index >= 15 is 0 Å². The summed E-state index contributed by atoms with van der Waals surface area (Å²) in [4.78, 5) is 0. The molecule has 0 saturated carbocycles. The third-order valence-corrected chi connectivity index (χ3v) is 7.51. The molecule has 0 fully saturated rings. The lowest BCUT2D eigenvalue weighted by Gasteiger charge is -2.23. The molecule has 178 valence electrons. The molecule has 2 heteroatoms. The molecule has 0 atom stereocenters. The van der Waals surface area contributed by atoms with Crippen molar-refractivity contribution >= 4 is 21.5 Å². The SMILES string of the molecule is c1ccc(-c2ccccc2-c2oc(-c3ccc4cccc5c4c3-c3ccccc3O5)c3ccccc23)cc1. The highest BCUT2D eigenvalue weighted by molar-refractivity contribution is 6.13. The van der Waals surface area contributed by atoms with Crippen molar-refractivity contribution in [2.45, 2.75) is 0 Å². The fourth-order valence-corrected chi connectivity index (χ4v) is 5.82. The zero-order chi connectivity index (χ0) is 25.1. The number of furan rings is 1. The van der Waals surface area contributed by atoms with Crippen molar-refractivity contribution in [2.24, 2.45) is 0 Å². The summed E-state index contributed by atoms with van der Waals surface area (Å²) < 4.78 is 13.3. The van der Waals surface area contributed by atoms with Crippen LogP contribution in [0.1, 0.15) is 0 Å². The first-order chi connectivity index (χ1) is 18.9. The van der Waals surface area contributed by atoms with Gasteiger partial charge in [-0.1, -0.05) is 115 Å². The van der Waals surface area contributed by atoms with Crippen LogP contribution in [0, 0.1) is 0 Å². The second kappa shape index (κ2) is 8.22. The quantitative estimate of drug-likeness (QED) is 0.248. The second-order valence-electron chi connectivity index (χ2n) is 9.66. The highest BCUT2D eigenvalue weighted by Crippen LogP contribution is 2.52. The van der Waals surface area contributed by atoms with Gasteiger partial charge in [0.2, 0.25) is 0 Å². The molecule has 1 aliphatic rings. The van der Waals surface area contributed by atoms with Gasteiger partial charge < -0.3 is 9.15 Å². The second-order valence-corrected chi connectivity index (χ2v) is 9.66. The van der Waals surface area contributed by atoms with Crippen molar-refractivity contribution in [2.75, 3.05) is 0 Å². The van der Waals surface area contributed by atoms with Gasteiger partial charge in [-0.2, -0.15) is 0 Å². The van der Waals surface area contributed by atoms with Crippen LogP contribution in [0.4, 0.5) is 0 Å². The Morgan fingerprint density at radius 2 is 1.03 bits per heavy atom. The Hall–Kier alpha value is -5.08. The number of rotatable bonds is 3. The van der Waals surface area contributed by atoms with Crippen molar-refractivity contribution in [3.05, 3.63) is 133 Å². The van der Waals surface area contributed by atoms with E-state index in [2.05, 4.69) is 109 Å². The molecule has 0 spiro atoms. The van der Waals surface area contributed by atoms with Gasteiger partial charge in [-0.25, -0.2) is 0 Å². The van der Waals surface area contributed by atoms with Crippen LogP contribution < -0.4 is 4.74 Å². The van der Waals surface area contributed by atoms with Gasteiger partial charge in [-0.05, 0) is 34.7 Å². The van der Waals surface area contributed by atoms with Crippen molar-refractivity contribution in [1.82, 2.24) is 0 Å².